The zero-order valence-electron chi connectivity index (χ0n) is 19.9. The molecule has 0 N–H and O–H groups in total. The first-order valence-corrected chi connectivity index (χ1v) is 10.7. The van der Waals surface area contributed by atoms with Crippen LogP contribution < -0.4 is 5.46 Å². The van der Waals surface area contributed by atoms with E-state index in [1.807, 2.05) is 0 Å². The first-order valence-electron chi connectivity index (χ1n) is 10.7. The molecule has 156 valence electrons. The second-order valence-electron chi connectivity index (χ2n) is 11.4. The summed E-state index contributed by atoms with van der Waals surface area (Å²) in [4.78, 5) is 0. The third-order valence-electron chi connectivity index (χ3n) is 6.33. The molecule has 2 aromatic rings. The fraction of sp³-hybridized carbons (Fsp3) is 0.538. The Hall–Kier alpha value is -1.58. The van der Waals surface area contributed by atoms with Gasteiger partial charge in [0.1, 0.15) is 0 Å². The molecule has 3 rings (SSSR count). The van der Waals surface area contributed by atoms with E-state index in [1.165, 1.54) is 22.3 Å². The minimum absolute atomic E-state index is 0.0204. The zero-order valence-corrected chi connectivity index (χ0v) is 19.9. The highest BCUT2D eigenvalue weighted by molar-refractivity contribution is 6.62. The van der Waals surface area contributed by atoms with Crippen LogP contribution in [0.5, 0.6) is 0 Å². The van der Waals surface area contributed by atoms with Crippen molar-refractivity contribution in [2.75, 3.05) is 0 Å². The summed E-state index contributed by atoms with van der Waals surface area (Å²) in [5.74, 6) is 0. The summed E-state index contributed by atoms with van der Waals surface area (Å²) >= 11 is 0. The van der Waals surface area contributed by atoms with E-state index in [0.29, 0.717) is 0 Å². The lowest BCUT2D eigenvalue weighted by Gasteiger charge is -2.35. The van der Waals surface area contributed by atoms with Crippen molar-refractivity contribution >= 4 is 12.6 Å². The minimum Gasteiger partial charge on any atom is -0.399 e. The maximum absolute atomic E-state index is 6.48. The van der Waals surface area contributed by atoms with Crippen molar-refractivity contribution in [2.45, 2.75) is 91.3 Å². The van der Waals surface area contributed by atoms with Crippen LogP contribution in [0, 0.1) is 0 Å². The summed E-state index contributed by atoms with van der Waals surface area (Å²) in [6.45, 7) is 22.3. The Morgan fingerprint density at radius 1 is 0.655 bits per heavy atom. The van der Waals surface area contributed by atoms with Gasteiger partial charge in [0, 0.05) is 0 Å². The predicted molar refractivity (Wildman–Crippen MR) is 125 cm³/mol. The quantitative estimate of drug-likeness (QED) is 0.563. The lowest BCUT2D eigenvalue weighted by atomic mass is 9.63. The van der Waals surface area contributed by atoms with Crippen LogP contribution in [0.2, 0.25) is 0 Å². The smallest absolute Gasteiger partial charge is 0.399 e. The molecule has 0 radical (unpaired) electrons. The van der Waals surface area contributed by atoms with Crippen LogP contribution in [-0.2, 0) is 20.1 Å². The van der Waals surface area contributed by atoms with Crippen molar-refractivity contribution in [3.05, 3.63) is 53.6 Å². The van der Waals surface area contributed by atoms with E-state index in [0.717, 1.165) is 5.46 Å². The highest BCUT2D eigenvalue weighted by atomic mass is 16.7. The highest BCUT2D eigenvalue weighted by Crippen LogP contribution is 2.42. The molecule has 29 heavy (non-hydrogen) atoms. The van der Waals surface area contributed by atoms with Crippen LogP contribution in [0.4, 0.5) is 0 Å². The van der Waals surface area contributed by atoms with Gasteiger partial charge in [-0.3, -0.25) is 0 Å². The van der Waals surface area contributed by atoms with Gasteiger partial charge in [-0.25, -0.2) is 0 Å². The predicted octanol–water partition coefficient (Wildman–Crippen LogP) is 6.25. The molecule has 0 spiro atoms. The van der Waals surface area contributed by atoms with E-state index in [-0.39, 0.29) is 29.2 Å². The lowest BCUT2D eigenvalue weighted by molar-refractivity contribution is 0.00578. The number of benzene rings is 2. The fourth-order valence-electron chi connectivity index (χ4n) is 4.23. The van der Waals surface area contributed by atoms with E-state index in [9.17, 15) is 0 Å². The average molecular weight is 392 g/mol. The first-order chi connectivity index (χ1) is 13.2. The van der Waals surface area contributed by atoms with Crippen LogP contribution in [0.1, 0.15) is 80.4 Å². The van der Waals surface area contributed by atoms with Crippen LogP contribution in [-0.4, -0.2) is 18.3 Å². The van der Waals surface area contributed by atoms with Crippen molar-refractivity contribution in [1.82, 2.24) is 0 Å². The van der Waals surface area contributed by atoms with Crippen LogP contribution in [0.25, 0.3) is 11.1 Å². The van der Waals surface area contributed by atoms with Crippen molar-refractivity contribution < 1.29 is 9.31 Å². The van der Waals surface area contributed by atoms with Crippen molar-refractivity contribution in [1.29, 1.82) is 0 Å². The van der Waals surface area contributed by atoms with Gasteiger partial charge in [0.15, 0.2) is 0 Å². The Labute approximate surface area is 178 Å². The molecule has 1 saturated heterocycles. The molecule has 3 heteroatoms. The normalized spacial score (nSPS) is 18.9. The molecule has 2 aromatic carbocycles. The van der Waals surface area contributed by atoms with Gasteiger partial charge in [0.2, 0.25) is 0 Å². The number of hydrogen-bond acceptors (Lipinski definition) is 2. The summed E-state index contributed by atoms with van der Waals surface area (Å²) in [7, 11) is -0.361. The summed E-state index contributed by atoms with van der Waals surface area (Å²) in [5.41, 5.74) is 5.64. The molecule has 1 fully saturated rings. The van der Waals surface area contributed by atoms with Gasteiger partial charge >= 0.3 is 7.12 Å². The van der Waals surface area contributed by atoms with Crippen molar-refractivity contribution in [3.63, 3.8) is 0 Å². The van der Waals surface area contributed by atoms with Crippen LogP contribution in [0.3, 0.4) is 0 Å². The van der Waals surface area contributed by atoms with Crippen LogP contribution >= 0.6 is 0 Å². The Morgan fingerprint density at radius 2 is 1.14 bits per heavy atom. The molecule has 2 nitrogen and oxygen atoms in total. The second-order valence-corrected chi connectivity index (χ2v) is 11.4. The molecule has 0 amide bonds. The molecular formula is C26H37BO2. The Morgan fingerprint density at radius 3 is 1.59 bits per heavy atom. The summed E-state index contributed by atoms with van der Waals surface area (Å²) in [6, 6.07) is 15.2. The average Bonchev–Trinajstić information content (AvgIpc) is 2.80. The summed E-state index contributed by atoms with van der Waals surface area (Å²) < 4.78 is 13.0. The topological polar surface area (TPSA) is 18.5 Å². The van der Waals surface area contributed by atoms with Gasteiger partial charge < -0.3 is 9.31 Å². The first kappa shape index (κ1) is 22.1. The van der Waals surface area contributed by atoms with E-state index >= 15 is 0 Å². The molecule has 1 aliphatic rings. The molecule has 0 bridgehead atoms. The van der Waals surface area contributed by atoms with Crippen molar-refractivity contribution in [2.24, 2.45) is 0 Å². The molecule has 0 atom stereocenters. The second kappa shape index (κ2) is 6.99. The lowest BCUT2D eigenvalue weighted by Crippen LogP contribution is -2.42. The SMILES string of the molecule is CC(C)(C)c1c(B2OC(C)(C)C(C)(C)O2)ccc(-c2ccccc2)c1C(C)(C)C. The van der Waals surface area contributed by atoms with Gasteiger partial charge in [-0.15, -0.1) is 0 Å². The van der Waals surface area contributed by atoms with Crippen LogP contribution in [0.15, 0.2) is 42.5 Å². The Bertz CT molecular complexity index is 867. The molecule has 1 heterocycles. The molecule has 0 aliphatic carbocycles. The van der Waals surface area contributed by atoms with E-state index in [2.05, 4.69) is 112 Å². The van der Waals surface area contributed by atoms with Gasteiger partial charge in [0.25, 0.3) is 0 Å². The molecule has 0 unspecified atom stereocenters. The van der Waals surface area contributed by atoms with Crippen molar-refractivity contribution in [3.8, 4) is 11.1 Å². The molecule has 0 aromatic heterocycles. The third-order valence-corrected chi connectivity index (χ3v) is 6.33. The Balaban J connectivity index is 2.30. The maximum atomic E-state index is 6.48. The van der Waals surface area contributed by atoms with E-state index in [4.69, 9.17) is 9.31 Å². The number of rotatable bonds is 2. The maximum Gasteiger partial charge on any atom is 0.495 e. The van der Waals surface area contributed by atoms with E-state index < -0.39 is 0 Å². The van der Waals surface area contributed by atoms with Gasteiger partial charge in [-0.05, 0) is 66.2 Å². The van der Waals surface area contributed by atoms with Gasteiger partial charge in [-0.1, -0.05) is 84.0 Å². The Kier molecular flexibility index (Phi) is 5.33. The van der Waals surface area contributed by atoms with Gasteiger partial charge in [-0.2, -0.15) is 0 Å². The largest absolute Gasteiger partial charge is 0.495 e. The fourth-order valence-corrected chi connectivity index (χ4v) is 4.23. The summed E-state index contributed by atoms with van der Waals surface area (Å²) in [5, 5.41) is 0. The summed E-state index contributed by atoms with van der Waals surface area (Å²) in [6.07, 6.45) is 0. The highest BCUT2D eigenvalue weighted by Gasteiger charge is 2.53. The monoisotopic (exact) mass is 392 g/mol. The zero-order chi connectivity index (χ0) is 21.8. The number of hydrogen-bond donors (Lipinski definition) is 0. The standard InChI is InChI=1S/C26H37BO2/c1-23(2,3)21-19(18-14-12-11-13-15-18)16-17-20(22(21)24(4,5)6)27-28-25(7,8)26(9,10)29-27/h11-17H,1-10H3. The third kappa shape index (κ3) is 4.05. The molecule has 1 aliphatic heterocycles. The molecular weight excluding hydrogens is 355 g/mol. The van der Waals surface area contributed by atoms with Gasteiger partial charge in [0.05, 0.1) is 11.2 Å². The minimum atomic E-state index is -0.361. The van der Waals surface area contributed by atoms with E-state index in [1.54, 1.807) is 0 Å². The molecule has 0 saturated carbocycles.